The molecule has 16 nitrogen and oxygen atoms in total. The van der Waals surface area contributed by atoms with E-state index >= 15 is 0 Å². The molecule has 2 aromatic heterocycles. The number of hydrogen-bond donors (Lipinski definition) is 4. The van der Waals surface area contributed by atoms with Gasteiger partial charge in [0.2, 0.25) is 0 Å². The van der Waals surface area contributed by atoms with Crippen LogP contribution in [0.5, 0.6) is 17.2 Å². The molecule has 60 heavy (non-hydrogen) atoms. The lowest BCUT2D eigenvalue weighted by Crippen LogP contribution is -2.47. The number of benzene rings is 3. The SMILES string of the molecule is CC1(C)CCC(CN2CCN(c3ccc(C(=O)NS(=O)(=O)c4cc5c(c([N+](=O)[O-])c4)NC(C(=O)O)CO5)c(Oc4cnc5[nH]ccc5c4)c3)CC2)=C(c2ccc(Cl)cc2)C1. The van der Waals surface area contributed by atoms with Gasteiger partial charge >= 0.3 is 5.97 Å². The highest BCUT2D eigenvalue weighted by Gasteiger charge is 2.35. The first-order valence-corrected chi connectivity index (χ1v) is 21.2. The highest BCUT2D eigenvalue weighted by molar-refractivity contribution is 7.90. The van der Waals surface area contributed by atoms with Gasteiger partial charge in [0, 0.05) is 73.2 Å². The van der Waals surface area contributed by atoms with Crippen LogP contribution in [0, 0.1) is 15.5 Å². The van der Waals surface area contributed by atoms with Crippen LogP contribution >= 0.6 is 11.6 Å². The maximum Gasteiger partial charge on any atom is 0.329 e. The number of aromatic amines is 1. The fourth-order valence-corrected chi connectivity index (χ4v) is 9.00. The molecule has 4 heterocycles. The quantitative estimate of drug-likeness (QED) is 0.0775. The van der Waals surface area contributed by atoms with Crippen LogP contribution < -0.4 is 24.4 Å². The zero-order valence-electron chi connectivity index (χ0n) is 32.7. The number of piperazine rings is 1. The summed E-state index contributed by atoms with van der Waals surface area (Å²) in [7, 11) is -4.74. The van der Waals surface area contributed by atoms with Gasteiger partial charge in [-0.25, -0.2) is 22.9 Å². The number of carbonyl (C=O) groups excluding carboxylic acids is 1. The summed E-state index contributed by atoms with van der Waals surface area (Å²) in [6.45, 7) is 8.02. The molecule has 1 unspecified atom stereocenters. The second-order valence-corrected chi connectivity index (χ2v) is 18.0. The van der Waals surface area contributed by atoms with Crippen LogP contribution in [0.4, 0.5) is 17.1 Å². The minimum absolute atomic E-state index is 0.0607. The number of allylic oxidation sites excluding steroid dienone is 1. The number of carbonyl (C=O) groups is 2. The zero-order chi connectivity index (χ0) is 42.3. The van der Waals surface area contributed by atoms with Crippen LogP contribution in [0.1, 0.15) is 49.0 Å². The van der Waals surface area contributed by atoms with Gasteiger partial charge in [0.25, 0.3) is 21.6 Å². The van der Waals surface area contributed by atoms with Crippen LogP contribution in [0.2, 0.25) is 5.02 Å². The molecule has 312 valence electrons. The zero-order valence-corrected chi connectivity index (χ0v) is 34.3. The Kier molecular flexibility index (Phi) is 10.9. The molecule has 1 atom stereocenters. The number of aromatic nitrogens is 2. The molecule has 3 aliphatic rings. The number of anilines is 2. The maximum absolute atomic E-state index is 13.9. The first kappa shape index (κ1) is 40.6. The Morgan fingerprint density at radius 1 is 1.08 bits per heavy atom. The minimum atomic E-state index is -4.74. The average molecular weight is 856 g/mol. The van der Waals surface area contributed by atoms with Crippen LogP contribution in [0.25, 0.3) is 16.6 Å². The Balaban J connectivity index is 1.04. The van der Waals surface area contributed by atoms with Crippen LogP contribution in [-0.4, -0.2) is 90.6 Å². The van der Waals surface area contributed by atoms with Crippen molar-refractivity contribution in [3.8, 4) is 17.2 Å². The number of carboxylic acids is 1. The van der Waals surface area contributed by atoms with E-state index in [-0.39, 0.29) is 28.2 Å². The number of sulfonamides is 1. The van der Waals surface area contributed by atoms with E-state index in [4.69, 9.17) is 21.1 Å². The van der Waals surface area contributed by atoms with E-state index in [9.17, 15) is 33.2 Å². The van der Waals surface area contributed by atoms with E-state index in [1.807, 2.05) is 22.9 Å². The Bertz CT molecular complexity index is 2660. The first-order chi connectivity index (χ1) is 28.6. The summed E-state index contributed by atoms with van der Waals surface area (Å²) in [5.41, 5.74) is 4.48. The van der Waals surface area contributed by atoms with Crippen molar-refractivity contribution in [2.24, 2.45) is 5.41 Å². The van der Waals surface area contributed by atoms with Crippen molar-refractivity contribution >= 4 is 67.2 Å². The van der Waals surface area contributed by atoms with E-state index in [2.05, 4.69) is 51.1 Å². The van der Waals surface area contributed by atoms with Gasteiger partial charge in [-0.15, -0.1) is 0 Å². The Morgan fingerprint density at radius 3 is 2.58 bits per heavy atom. The van der Waals surface area contributed by atoms with Gasteiger partial charge in [-0.1, -0.05) is 43.2 Å². The molecule has 0 saturated carbocycles. The molecule has 1 aliphatic carbocycles. The average Bonchev–Trinajstić information content (AvgIpc) is 3.69. The van der Waals surface area contributed by atoms with Gasteiger partial charge in [-0.3, -0.25) is 19.8 Å². The summed E-state index contributed by atoms with van der Waals surface area (Å²) in [6.07, 6.45) is 6.35. The molecular formula is C42H42ClN7O9S. The number of aliphatic carboxylic acids is 1. The highest BCUT2D eigenvalue weighted by Crippen LogP contribution is 2.44. The molecule has 5 aromatic rings. The molecule has 18 heteroatoms. The summed E-state index contributed by atoms with van der Waals surface area (Å²) in [6, 6.07) is 17.0. The normalized spacial score (nSPS) is 18.0. The largest absolute Gasteiger partial charge is 0.488 e. The van der Waals surface area contributed by atoms with Gasteiger partial charge < -0.3 is 29.8 Å². The summed E-state index contributed by atoms with van der Waals surface area (Å²) in [4.78, 5) is 47.9. The molecule has 0 radical (unpaired) electrons. The summed E-state index contributed by atoms with van der Waals surface area (Å²) < 4.78 is 41.0. The lowest BCUT2D eigenvalue weighted by atomic mass is 9.72. The van der Waals surface area contributed by atoms with Crippen molar-refractivity contribution in [3.63, 3.8) is 0 Å². The molecular weight excluding hydrogens is 814 g/mol. The van der Waals surface area contributed by atoms with Gasteiger partial charge in [-0.05, 0) is 72.2 Å². The lowest BCUT2D eigenvalue weighted by Gasteiger charge is -2.39. The number of amides is 1. The number of H-pyrrole nitrogens is 1. The monoisotopic (exact) mass is 855 g/mol. The van der Waals surface area contributed by atoms with Crippen LogP contribution in [-0.2, 0) is 14.8 Å². The standard InChI is InChI=1S/C42H42ClN7O9S/c1-42(2)11-9-27(33(21-42)25-3-5-28(43)6-4-25)23-48-13-15-49(16-14-48)29-7-8-32(36(18-29)59-30-17-26-10-12-44-39(26)45-22-30)40(51)47-60(56,57)31-19-35(50(54)55)38-37(20-31)58-24-34(46-38)41(52)53/h3-8,10,12,17-20,22,34,46H,9,11,13-16,21,23-24H2,1-2H3,(H,44,45)(H,47,51)(H,52,53). The smallest absolute Gasteiger partial charge is 0.329 e. The molecule has 1 saturated heterocycles. The van der Waals surface area contributed by atoms with Crippen molar-refractivity contribution < 1.29 is 37.5 Å². The van der Waals surface area contributed by atoms with E-state index in [1.54, 1.807) is 24.4 Å². The number of fused-ring (bicyclic) bond motifs is 2. The number of nitrogens with zero attached hydrogens (tertiary/aromatic N) is 4. The number of carboxylic acid groups (broad SMARTS) is 1. The first-order valence-electron chi connectivity index (χ1n) is 19.3. The summed E-state index contributed by atoms with van der Waals surface area (Å²) in [5, 5.41) is 25.3. The van der Waals surface area contributed by atoms with Gasteiger partial charge in [0.1, 0.15) is 23.8 Å². The van der Waals surface area contributed by atoms with Crippen molar-refractivity contribution in [1.82, 2.24) is 19.6 Å². The van der Waals surface area contributed by atoms with Gasteiger partial charge in [-0.2, -0.15) is 0 Å². The minimum Gasteiger partial charge on any atom is -0.488 e. The van der Waals surface area contributed by atoms with Gasteiger partial charge in [0.05, 0.1) is 21.6 Å². The number of pyridine rings is 1. The molecule has 0 bridgehead atoms. The van der Waals surface area contributed by atoms with E-state index in [0.717, 1.165) is 62.1 Å². The third kappa shape index (κ3) is 8.59. The lowest BCUT2D eigenvalue weighted by molar-refractivity contribution is -0.384. The number of nitrogens with one attached hydrogen (secondary N) is 3. The molecule has 4 N–H and O–H groups in total. The van der Waals surface area contributed by atoms with E-state index in [0.29, 0.717) is 29.5 Å². The number of halogens is 1. The Morgan fingerprint density at radius 2 is 1.85 bits per heavy atom. The van der Waals surface area contributed by atoms with E-state index in [1.165, 1.54) is 29.0 Å². The molecule has 8 rings (SSSR count). The predicted molar refractivity (Wildman–Crippen MR) is 226 cm³/mol. The maximum atomic E-state index is 13.9. The number of hydrogen-bond acceptors (Lipinski definition) is 12. The Labute approximate surface area is 350 Å². The number of nitro groups is 1. The molecule has 0 spiro atoms. The Hall–Kier alpha value is -6.17. The number of rotatable bonds is 11. The summed E-state index contributed by atoms with van der Waals surface area (Å²) >= 11 is 6.22. The topological polar surface area (TPSA) is 209 Å². The fraction of sp³-hybridized carbons (Fsp3) is 0.310. The predicted octanol–water partition coefficient (Wildman–Crippen LogP) is 7.08. The number of ether oxygens (including phenoxy) is 2. The second kappa shape index (κ2) is 16.1. The second-order valence-electron chi connectivity index (χ2n) is 15.9. The number of nitro benzene ring substituents is 1. The van der Waals surface area contributed by atoms with Gasteiger partial charge in [0.15, 0.2) is 17.5 Å². The fourth-order valence-electron chi connectivity index (χ4n) is 7.87. The van der Waals surface area contributed by atoms with Crippen molar-refractivity contribution in [2.45, 2.75) is 44.0 Å². The van der Waals surface area contributed by atoms with E-state index < -0.39 is 50.1 Å². The third-order valence-electron chi connectivity index (χ3n) is 11.2. The van der Waals surface area contributed by atoms with Crippen LogP contribution in [0.3, 0.4) is 0 Å². The summed E-state index contributed by atoms with van der Waals surface area (Å²) in [5.74, 6) is -2.25. The van der Waals surface area contributed by atoms with Crippen molar-refractivity contribution in [3.05, 3.63) is 111 Å². The third-order valence-corrected chi connectivity index (χ3v) is 12.7. The molecule has 2 aliphatic heterocycles. The molecule has 1 amide bonds. The molecule has 1 fully saturated rings. The van der Waals surface area contributed by atoms with Crippen molar-refractivity contribution in [2.75, 3.05) is 49.5 Å². The highest BCUT2D eigenvalue weighted by atomic mass is 35.5. The van der Waals surface area contributed by atoms with Crippen LogP contribution in [0.15, 0.2) is 89.6 Å². The van der Waals surface area contributed by atoms with Crippen molar-refractivity contribution in [1.29, 1.82) is 0 Å². The molecule has 3 aromatic carbocycles.